The maximum absolute atomic E-state index is 12.2. The molecule has 3 rings (SSSR count). The molecule has 0 radical (unpaired) electrons. The fourth-order valence-electron chi connectivity index (χ4n) is 2.26. The lowest BCUT2D eigenvalue weighted by Crippen LogP contribution is -2.26. The summed E-state index contributed by atoms with van der Waals surface area (Å²) in [5, 5.41) is 9.36. The van der Waals surface area contributed by atoms with Gasteiger partial charge in [0.15, 0.2) is 0 Å². The molecule has 1 amide bonds. The van der Waals surface area contributed by atoms with Crippen LogP contribution in [0.2, 0.25) is 0 Å². The van der Waals surface area contributed by atoms with Crippen molar-refractivity contribution in [1.29, 1.82) is 0 Å². The Balaban J connectivity index is 1.60. The lowest BCUT2D eigenvalue weighted by Gasteiger charge is -2.03. The van der Waals surface area contributed by atoms with Crippen LogP contribution in [0.1, 0.15) is 27.5 Å². The second kappa shape index (κ2) is 6.70. The molecule has 0 bridgehead atoms. The predicted octanol–water partition coefficient (Wildman–Crippen LogP) is 2.78. The lowest BCUT2D eigenvalue weighted by molar-refractivity contribution is 0.0950. The zero-order chi connectivity index (χ0) is 16.2. The molecule has 0 aliphatic heterocycles. The van der Waals surface area contributed by atoms with Crippen LogP contribution in [0, 0.1) is 13.8 Å². The summed E-state index contributed by atoms with van der Waals surface area (Å²) in [5.74, 6) is 0.624. The maximum Gasteiger partial charge on any atom is 0.270 e. The molecule has 7 heteroatoms. The molecule has 0 aliphatic rings. The Morgan fingerprint density at radius 2 is 2.09 bits per heavy atom. The number of thiazole rings is 1. The third-order valence-electron chi connectivity index (χ3n) is 3.51. The molecule has 0 atom stereocenters. The molecular formula is C16H16N4O2S. The Kier molecular flexibility index (Phi) is 4.47. The summed E-state index contributed by atoms with van der Waals surface area (Å²) >= 11 is 1.44. The third kappa shape index (κ3) is 3.45. The average Bonchev–Trinajstić information content (AvgIpc) is 3.18. The van der Waals surface area contributed by atoms with Crippen LogP contribution in [0.25, 0.3) is 10.6 Å². The summed E-state index contributed by atoms with van der Waals surface area (Å²) in [7, 11) is 0. The molecule has 3 aromatic rings. The smallest absolute Gasteiger partial charge is 0.270 e. The van der Waals surface area contributed by atoms with Gasteiger partial charge in [-0.2, -0.15) is 0 Å². The van der Waals surface area contributed by atoms with Crippen LogP contribution in [0.4, 0.5) is 0 Å². The molecule has 0 aromatic carbocycles. The van der Waals surface area contributed by atoms with Gasteiger partial charge in [-0.05, 0) is 32.4 Å². The van der Waals surface area contributed by atoms with Crippen LogP contribution in [0.15, 0.2) is 34.4 Å². The molecule has 6 nitrogen and oxygen atoms in total. The van der Waals surface area contributed by atoms with Crippen molar-refractivity contribution in [3.05, 3.63) is 52.6 Å². The summed E-state index contributed by atoms with van der Waals surface area (Å²) in [6, 6.07) is 3.75. The number of aromatic nitrogens is 3. The van der Waals surface area contributed by atoms with Crippen molar-refractivity contribution in [1.82, 2.24) is 20.4 Å². The van der Waals surface area contributed by atoms with E-state index in [-0.39, 0.29) is 5.91 Å². The topological polar surface area (TPSA) is 80.9 Å². The highest BCUT2D eigenvalue weighted by molar-refractivity contribution is 7.13. The number of nitrogens with one attached hydrogen (secondary N) is 1. The Morgan fingerprint density at radius 1 is 1.30 bits per heavy atom. The van der Waals surface area contributed by atoms with Crippen molar-refractivity contribution in [3.63, 3.8) is 0 Å². The molecule has 0 saturated carbocycles. The highest BCUT2D eigenvalue weighted by Gasteiger charge is 2.13. The normalized spacial score (nSPS) is 10.7. The first kappa shape index (κ1) is 15.4. The fourth-order valence-corrected chi connectivity index (χ4v) is 3.06. The first-order chi connectivity index (χ1) is 11.1. The second-order valence-corrected chi connectivity index (χ2v) is 5.94. The standard InChI is InChI=1S/C16H16N4O2S/c1-10-13(11(2)22-20-10)5-8-18-15(21)14-9-23-16(19-14)12-3-6-17-7-4-12/h3-4,6-7,9H,5,8H2,1-2H3,(H,18,21). The van der Waals surface area contributed by atoms with Gasteiger partial charge in [-0.25, -0.2) is 4.98 Å². The van der Waals surface area contributed by atoms with E-state index >= 15 is 0 Å². The van der Waals surface area contributed by atoms with Crippen molar-refractivity contribution >= 4 is 17.2 Å². The van der Waals surface area contributed by atoms with E-state index in [1.165, 1.54) is 11.3 Å². The summed E-state index contributed by atoms with van der Waals surface area (Å²) in [6.07, 6.45) is 4.11. The Morgan fingerprint density at radius 3 is 2.78 bits per heavy atom. The van der Waals surface area contributed by atoms with Crippen LogP contribution < -0.4 is 5.32 Å². The summed E-state index contributed by atoms with van der Waals surface area (Å²) < 4.78 is 5.11. The average molecular weight is 328 g/mol. The van der Waals surface area contributed by atoms with Crippen LogP contribution in [0.5, 0.6) is 0 Å². The van der Waals surface area contributed by atoms with E-state index < -0.39 is 0 Å². The maximum atomic E-state index is 12.2. The van der Waals surface area contributed by atoms with Crippen molar-refractivity contribution in [2.75, 3.05) is 6.54 Å². The van der Waals surface area contributed by atoms with E-state index in [2.05, 4.69) is 20.4 Å². The molecule has 3 aromatic heterocycles. The molecule has 0 aliphatic carbocycles. The van der Waals surface area contributed by atoms with Gasteiger partial charge < -0.3 is 9.84 Å². The van der Waals surface area contributed by atoms with E-state index in [1.807, 2.05) is 26.0 Å². The Labute approximate surface area is 137 Å². The van der Waals surface area contributed by atoms with Crippen LogP contribution >= 0.6 is 11.3 Å². The number of amides is 1. The molecular weight excluding hydrogens is 312 g/mol. The minimum absolute atomic E-state index is 0.173. The van der Waals surface area contributed by atoms with Gasteiger partial charge in [0, 0.05) is 35.4 Å². The molecule has 0 spiro atoms. The molecule has 0 fully saturated rings. The number of pyridine rings is 1. The molecule has 1 N–H and O–H groups in total. The SMILES string of the molecule is Cc1noc(C)c1CCNC(=O)c1csc(-c2ccncc2)n1. The fraction of sp³-hybridized carbons (Fsp3) is 0.250. The number of hydrogen-bond acceptors (Lipinski definition) is 6. The zero-order valence-corrected chi connectivity index (χ0v) is 13.7. The highest BCUT2D eigenvalue weighted by atomic mass is 32.1. The van der Waals surface area contributed by atoms with E-state index in [9.17, 15) is 4.79 Å². The minimum atomic E-state index is -0.173. The monoisotopic (exact) mass is 328 g/mol. The quantitative estimate of drug-likeness (QED) is 0.779. The minimum Gasteiger partial charge on any atom is -0.361 e. The predicted molar refractivity (Wildman–Crippen MR) is 87.4 cm³/mol. The van der Waals surface area contributed by atoms with Gasteiger partial charge in [-0.3, -0.25) is 9.78 Å². The van der Waals surface area contributed by atoms with Crippen LogP contribution in [-0.4, -0.2) is 27.6 Å². The van der Waals surface area contributed by atoms with Gasteiger partial charge in [0.05, 0.1) is 5.69 Å². The van der Waals surface area contributed by atoms with Gasteiger partial charge in [0.25, 0.3) is 5.91 Å². The summed E-state index contributed by atoms with van der Waals surface area (Å²) in [5.41, 5.74) is 3.30. The summed E-state index contributed by atoms with van der Waals surface area (Å²) in [6.45, 7) is 4.29. The third-order valence-corrected chi connectivity index (χ3v) is 4.40. The van der Waals surface area contributed by atoms with E-state index in [0.29, 0.717) is 18.7 Å². The van der Waals surface area contributed by atoms with Crippen molar-refractivity contribution in [3.8, 4) is 10.6 Å². The highest BCUT2D eigenvalue weighted by Crippen LogP contribution is 2.22. The second-order valence-electron chi connectivity index (χ2n) is 5.08. The van der Waals surface area contributed by atoms with Gasteiger partial charge in [0.1, 0.15) is 16.5 Å². The first-order valence-corrected chi connectivity index (χ1v) is 8.09. The van der Waals surface area contributed by atoms with Gasteiger partial charge >= 0.3 is 0 Å². The summed E-state index contributed by atoms with van der Waals surface area (Å²) in [4.78, 5) is 20.5. The first-order valence-electron chi connectivity index (χ1n) is 7.21. The number of hydrogen-bond donors (Lipinski definition) is 1. The van der Waals surface area contributed by atoms with Crippen molar-refractivity contribution in [2.24, 2.45) is 0 Å². The lowest BCUT2D eigenvalue weighted by atomic mass is 10.1. The number of rotatable bonds is 5. The van der Waals surface area contributed by atoms with E-state index in [1.54, 1.807) is 17.8 Å². The molecule has 0 unspecified atom stereocenters. The zero-order valence-electron chi connectivity index (χ0n) is 12.9. The van der Waals surface area contributed by atoms with Gasteiger partial charge in [-0.1, -0.05) is 5.16 Å². The van der Waals surface area contributed by atoms with Crippen LogP contribution in [0.3, 0.4) is 0 Å². The number of nitrogens with zero attached hydrogens (tertiary/aromatic N) is 3. The molecule has 118 valence electrons. The molecule has 3 heterocycles. The van der Waals surface area contributed by atoms with Crippen molar-refractivity contribution < 1.29 is 9.32 Å². The number of carbonyl (C=O) groups is 1. The van der Waals surface area contributed by atoms with E-state index in [4.69, 9.17) is 4.52 Å². The molecule has 0 saturated heterocycles. The number of carbonyl (C=O) groups excluding carboxylic acids is 1. The van der Waals surface area contributed by atoms with Crippen molar-refractivity contribution in [2.45, 2.75) is 20.3 Å². The largest absolute Gasteiger partial charge is 0.361 e. The van der Waals surface area contributed by atoms with E-state index in [0.717, 1.165) is 27.6 Å². The van der Waals surface area contributed by atoms with Crippen LogP contribution in [-0.2, 0) is 6.42 Å². The Bertz CT molecular complexity index is 791. The molecule has 23 heavy (non-hydrogen) atoms. The number of aryl methyl sites for hydroxylation is 2. The van der Waals surface area contributed by atoms with Gasteiger partial charge in [0.2, 0.25) is 0 Å². The van der Waals surface area contributed by atoms with Gasteiger partial charge in [-0.15, -0.1) is 11.3 Å². The Hall–Kier alpha value is -2.54.